The van der Waals surface area contributed by atoms with Crippen LogP contribution in [0, 0.1) is 12.8 Å². The number of ether oxygens (including phenoxy) is 2. The topological polar surface area (TPSA) is 50.8 Å². The fourth-order valence-electron chi connectivity index (χ4n) is 5.84. The van der Waals surface area contributed by atoms with E-state index in [9.17, 15) is 4.79 Å². The molecule has 1 amide bonds. The Morgan fingerprint density at radius 1 is 1.09 bits per heavy atom. The van der Waals surface area contributed by atoms with E-state index < -0.39 is 0 Å². The van der Waals surface area contributed by atoms with Crippen molar-refractivity contribution in [2.75, 3.05) is 33.4 Å². The maximum Gasteiger partial charge on any atom is 0.250 e. The minimum atomic E-state index is 0.0260. The minimum Gasteiger partial charge on any atom is -0.497 e. The second-order valence-corrected chi connectivity index (χ2v) is 10.1. The number of amides is 1. The van der Waals surface area contributed by atoms with E-state index in [-0.39, 0.29) is 11.9 Å². The van der Waals surface area contributed by atoms with E-state index in [0.29, 0.717) is 18.4 Å². The molecule has 180 valence electrons. The predicted molar refractivity (Wildman–Crippen MR) is 135 cm³/mol. The molecule has 2 aromatic carbocycles. The van der Waals surface area contributed by atoms with Crippen molar-refractivity contribution in [3.8, 4) is 11.5 Å². The van der Waals surface area contributed by atoms with E-state index >= 15 is 0 Å². The number of methoxy groups -OCH3 is 1. The van der Waals surface area contributed by atoms with Crippen LogP contribution in [0.2, 0.25) is 0 Å². The summed E-state index contributed by atoms with van der Waals surface area (Å²) in [6.45, 7) is 5.86. The number of hydrogen-bond acceptors (Lipinski definition) is 4. The zero-order valence-electron chi connectivity index (χ0n) is 20.4. The smallest absolute Gasteiger partial charge is 0.250 e. The normalized spacial score (nSPS) is 23.1. The molecular formula is C29H36N2O3. The lowest BCUT2D eigenvalue weighted by molar-refractivity contribution is -0.118. The van der Waals surface area contributed by atoms with Gasteiger partial charge in [-0.3, -0.25) is 4.79 Å². The van der Waals surface area contributed by atoms with Crippen molar-refractivity contribution in [1.82, 2.24) is 10.2 Å². The summed E-state index contributed by atoms with van der Waals surface area (Å²) in [6, 6.07) is 14.9. The van der Waals surface area contributed by atoms with Gasteiger partial charge in [-0.2, -0.15) is 0 Å². The van der Waals surface area contributed by atoms with Crippen molar-refractivity contribution in [3.05, 3.63) is 64.7 Å². The van der Waals surface area contributed by atoms with Crippen LogP contribution in [0.1, 0.15) is 54.7 Å². The Hall–Kier alpha value is -2.79. The SMILES string of the molecule is COc1ccc(C2CCN(CC3CCC(NC(=O)C4=Cc5cccc(C)c5OC4)C3)CC2)cc1. The summed E-state index contributed by atoms with van der Waals surface area (Å²) in [7, 11) is 1.72. The fourth-order valence-corrected chi connectivity index (χ4v) is 5.84. The summed E-state index contributed by atoms with van der Waals surface area (Å²) in [5.41, 5.74) is 4.27. The maximum absolute atomic E-state index is 12.9. The molecule has 1 saturated heterocycles. The Balaban J connectivity index is 1.08. The van der Waals surface area contributed by atoms with Crippen molar-refractivity contribution in [1.29, 1.82) is 0 Å². The molecule has 2 aromatic rings. The van der Waals surface area contributed by atoms with Crippen LogP contribution in [-0.4, -0.2) is 50.2 Å². The van der Waals surface area contributed by atoms with Crippen LogP contribution in [0.4, 0.5) is 0 Å². The number of nitrogens with one attached hydrogen (secondary N) is 1. The minimum absolute atomic E-state index is 0.0260. The van der Waals surface area contributed by atoms with Crippen molar-refractivity contribution in [2.24, 2.45) is 5.92 Å². The summed E-state index contributed by atoms with van der Waals surface area (Å²) < 4.78 is 11.2. The van der Waals surface area contributed by atoms with E-state index in [0.717, 1.165) is 60.7 Å². The molecule has 5 heteroatoms. The number of nitrogens with zero attached hydrogens (tertiary/aromatic N) is 1. The summed E-state index contributed by atoms with van der Waals surface area (Å²) in [4.78, 5) is 15.5. The molecule has 5 rings (SSSR count). The first-order valence-corrected chi connectivity index (χ1v) is 12.7. The number of fused-ring (bicyclic) bond motifs is 1. The van der Waals surface area contributed by atoms with Crippen LogP contribution < -0.4 is 14.8 Å². The monoisotopic (exact) mass is 460 g/mol. The summed E-state index contributed by atoms with van der Waals surface area (Å²) in [5, 5.41) is 3.28. The van der Waals surface area contributed by atoms with Gasteiger partial charge in [-0.25, -0.2) is 0 Å². The number of carbonyl (C=O) groups is 1. The third-order valence-electron chi connectivity index (χ3n) is 7.80. The average molecular weight is 461 g/mol. The maximum atomic E-state index is 12.9. The van der Waals surface area contributed by atoms with Gasteiger partial charge in [0, 0.05) is 18.2 Å². The summed E-state index contributed by atoms with van der Waals surface area (Å²) in [5.74, 6) is 3.17. The van der Waals surface area contributed by atoms with E-state index in [1.54, 1.807) is 7.11 Å². The van der Waals surface area contributed by atoms with Gasteiger partial charge in [-0.1, -0.05) is 30.3 Å². The molecular weight excluding hydrogens is 424 g/mol. The van der Waals surface area contributed by atoms with Gasteiger partial charge in [0.05, 0.1) is 12.7 Å². The largest absolute Gasteiger partial charge is 0.497 e. The first kappa shape index (κ1) is 23.0. The van der Waals surface area contributed by atoms with Gasteiger partial charge in [0.2, 0.25) is 0 Å². The number of rotatable bonds is 6. The number of likely N-dealkylation sites (tertiary alicyclic amines) is 1. The zero-order chi connectivity index (χ0) is 23.5. The molecule has 2 fully saturated rings. The van der Waals surface area contributed by atoms with Crippen molar-refractivity contribution < 1.29 is 14.3 Å². The Morgan fingerprint density at radius 3 is 2.65 bits per heavy atom. The number of piperidine rings is 1. The zero-order valence-corrected chi connectivity index (χ0v) is 20.4. The third kappa shape index (κ3) is 5.15. The third-order valence-corrected chi connectivity index (χ3v) is 7.80. The molecule has 2 unspecified atom stereocenters. The number of aryl methyl sites for hydroxylation is 1. The number of hydrogen-bond donors (Lipinski definition) is 1. The second kappa shape index (κ2) is 10.2. The number of benzene rings is 2. The van der Waals surface area contributed by atoms with Gasteiger partial charge in [0.25, 0.3) is 5.91 Å². The highest BCUT2D eigenvalue weighted by molar-refractivity contribution is 5.99. The lowest BCUT2D eigenvalue weighted by atomic mass is 9.89. The van der Waals surface area contributed by atoms with Gasteiger partial charge in [-0.05, 0) is 93.3 Å². The molecule has 0 aromatic heterocycles. The van der Waals surface area contributed by atoms with E-state index in [1.807, 2.05) is 31.2 Å². The Labute approximate surface area is 203 Å². The molecule has 3 aliphatic rings. The molecule has 2 atom stereocenters. The van der Waals surface area contributed by atoms with Gasteiger partial charge in [0.1, 0.15) is 18.1 Å². The van der Waals surface area contributed by atoms with Crippen LogP contribution in [0.3, 0.4) is 0 Å². The van der Waals surface area contributed by atoms with Gasteiger partial charge in [0.15, 0.2) is 0 Å². The quantitative estimate of drug-likeness (QED) is 0.663. The standard InChI is InChI=1S/C29H36N2O3/c1-20-4-3-5-24-17-25(19-34-28(20)24)29(32)30-26-9-6-21(16-26)18-31-14-12-23(13-15-31)22-7-10-27(33-2)11-8-22/h3-5,7-8,10-11,17,21,23,26H,6,9,12-16,18-19H2,1-2H3,(H,30,32). The highest BCUT2D eigenvalue weighted by atomic mass is 16.5. The number of carbonyl (C=O) groups excluding carboxylic acids is 1. The van der Waals surface area contributed by atoms with Crippen LogP contribution >= 0.6 is 0 Å². The molecule has 1 saturated carbocycles. The lowest BCUT2D eigenvalue weighted by Crippen LogP contribution is -2.38. The molecule has 1 aliphatic carbocycles. The fraction of sp³-hybridized carbons (Fsp3) is 0.483. The predicted octanol–water partition coefficient (Wildman–Crippen LogP) is 4.94. The number of para-hydroxylation sites is 1. The van der Waals surface area contributed by atoms with Gasteiger partial charge >= 0.3 is 0 Å². The van der Waals surface area contributed by atoms with E-state index in [4.69, 9.17) is 9.47 Å². The van der Waals surface area contributed by atoms with Crippen LogP contribution in [0.25, 0.3) is 6.08 Å². The highest BCUT2D eigenvalue weighted by Gasteiger charge is 2.30. The van der Waals surface area contributed by atoms with Crippen LogP contribution in [0.5, 0.6) is 11.5 Å². The molecule has 5 nitrogen and oxygen atoms in total. The Morgan fingerprint density at radius 2 is 1.88 bits per heavy atom. The molecule has 2 heterocycles. The van der Waals surface area contributed by atoms with Crippen molar-refractivity contribution >= 4 is 12.0 Å². The van der Waals surface area contributed by atoms with E-state index in [2.05, 4.69) is 34.5 Å². The molecule has 0 radical (unpaired) electrons. The Kier molecular flexibility index (Phi) is 6.91. The second-order valence-electron chi connectivity index (χ2n) is 10.1. The molecule has 2 aliphatic heterocycles. The van der Waals surface area contributed by atoms with Crippen molar-refractivity contribution in [2.45, 2.75) is 51.0 Å². The molecule has 0 spiro atoms. The average Bonchev–Trinajstić information content (AvgIpc) is 3.31. The first-order valence-electron chi connectivity index (χ1n) is 12.7. The van der Waals surface area contributed by atoms with E-state index in [1.165, 1.54) is 24.8 Å². The molecule has 0 bridgehead atoms. The molecule has 1 N–H and O–H groups in total. The van der Waals surface area contributed by atoms with Gasteiger partial charge < -0.3 is 19.7 Å². The van der Waals surface area contributed by atoms with Gasteiger partial charge in [-0.15, -0.1) is 0 Å². The van der Waals surface area contributed by atoms with Crippen molar-refractivity contribution in [3.63, 3.8) is 0 Å². The Bertz CT molecular complexity index is 1040. The summed E-state index contributed by atoms with van der Waals surface area (Å²) in [6.07, 6.45) is 7.76. The van der Waals surface area contributed by atoms with Crippen LogP contribution in [0.15, 0.2) is 48.0 Å². The first-order chi connectivity index (χ1) is 16.6. The summed E-state index contributed by atoms with van der Waals surface area (Å²) >= 11 is 0. The lowest BCUT2D eigenvalue weighted by Gasteiger charge is -2.33. The highest BCUT2D eigenvalue weighted by Crippen LogP contribution is 2.33. The molecule has 34 heavy (non-hydrogen) atoms. The van der Waals surface area contributed by atoms with Crippen LogP contribution in [-0.2, 0) is 4.79 Å².